The Morgan fingerprint density at radius 1 is 0.765 bits per heavy atom. The molecule has 1 aliphatic rings. The highest BCUT2D eigenvalue weighted by Crippen LogP contribution is 2.37. The first-order valence-corrected chi connectivity index (χ1v) is 5.03. The molecule has 2 aromatic rings. The van der Waals surface area contributed by atoms with Crippen molar-refractivity contribution in [2.45, 2.75) is 0 Å². The SMILES string of the molecule is ON=C1c2cc(F)ccc2-c2ccc(F)cc21. The molecule has 0 saturated carbocycles. The fraction of sp³-hybridized carbons (Fsp3) is 0. The quantitative estimate of drug-likeness (QED) is 0.467. The molecule has 2 nitrogen and oxygen atoms in total. The van der Waals surface area contributed by atoms with Crippen LogP contribution in [-0.4, -0.2) is 10.9 Å². The van der Waals surface area contributed by atoms with Gasteiger partial charge in [-0.05, 0) is 35.4 Å². The molecule has 17 heavy (non-hydrogen) atoms. The summed E-state index contributed by atoms with van der Waals surface area (Å²) in [6, 6.07) is 8.41. The number of fused-ring (bicyclic) bond motifs is 3. The molecule has 0 fully saturated rings. The van der Waals surface area contributed by atoms with Crippen molar-refractivity contribution in [2.24, 2.45) is 5.16 Å². The Morgan fingerprint density at radius 3 is 1.65 bits per heavy atom. The lowest BCUT2D eigenvalue weighted by Gasteiger charge is -1.98. The average Bonchev–Trinajstić information content (AvgIpc) is 2.60. The van der Waals surface area contributed by atoms with Crippen LogP contribution >= 0.6 is 0 Å². The minimum absolute atomic E-state index is 0.203. The summed E-state index contributed by atoms with van der Waals surface area (Å²) in [4.78, 5) is 0. The molecule has 0 aliphatic heterocycles. The van der Waals surface area contributed by atoms with Crippen LogP contribution in [0.15, 0.2) is 41.6 Å². The van der Waals surface area contributed by atoms with Gasteiger partial charge in [0.15, 0.2) is 0 Å². The standard InChI is InChI=1S/C13H7F2NO/c14-7-1-3-9-10-4-2-8(15)6-12(10)13(16-17)11(9)5-7/h1-6,17H. The Morgan fingerprint density at radius 2 is 1.24 bits per heavy atom. The summed E-state index contributed by atoms with van der Waals surface area (Å²) < 4.78 is 26.3. The van der Waals surface area contributed by atoms with Gasteiger partial charge in [-0.25, -0.2) is 8.78 Å². The van der Waals surface area contributed by atoms with E-state index in [1.807, 2.05) is 0 Å². The van der Waals surface area contributed by atoms with E-state index in [2.05, 4.69) is 5.16 Å². The molecule has 1 aliphatic carbocycles. The normalized spacial score (nSPS) is 12.2. The van der Waals surface area contributed by atoms with Gasteiger partial charge in [-0.3, -0.25) is 0 Å². The highest BCUT2D eigenvalue weighted by molar-refractivity contribution is 6.24. The second kappa shape index (κ2) is 3.38. The van der Waals surface area contributed by atoms with Gasteiger partial charge in [0.1, 0.15) is 17.3 Å². The first kappa shape index (κ1) is 9.96. The maximum absolute atomic E-state index is 13.2. The maximum Gasteiger partial charge on any atom is 0.123 e. The molecule has 0 aromatic heterocycles. The van der Waals surface area contributed by atoms with Crippen LogP contribution in [0.2, 0.25) is 0 Å². The molecular weight excluding hydrogens is 224 g/mol. The second-order valence-corrected chi connectivity index (χ2v) is 3.83. The van der Waals surface area contributed by atoms with Crippen molar-refractivity contribution in [1.82, 2.24) is 0 Å². The third-order valence-electron chi connectivity index (χ3n) is 2.86. The highest BCUT2D eigenvalue weighted by Gasteiger charge is 2.26. The van der Waals surface area contributed by atoms with Crippen LogP contribution < -0.4 is 0 Å². The number of rotatable bonds is 0. The molecule has 1 N–H and O–H groups in total. The number of oxime groups is 1. The Kier molecular flexibility index (Phi) is 1.98. The van der Waals surface area contributed by atoms with Gasteiger partial charge in [0.2, 0.25) is 0 Å². The minimum atomic E-state index is -0.418. The van der Waals surface area contributed by atoms with Crippen LogP contribution in [0.1, 0.15) is 11.1 Å². The smallest absolute Gasteiger partial charge is 0.123 e. The highest BCUT2D eigenvalue weighted by atomic mass is 19.1. The van der Waals surface area contributed by atoms with E-state index < -0.39 is 11.6 Å². The van der Waals surface area contributed by atoms with Crippen molar-refractivity contribution in [3.8, 4) is 11.1 Å². The minimum Gasteiger partial charge on any atom is -0.410 e. The van der Waals surface area contributed by atoms with Crippen molar-refractivity contribution in [2.75, 3.05) is 0 Å². The average molecular weight is 231 g/mol. The van der Waals surface area contributed by atoms with Gasteiger partial charge in [0, 0.05) is 11.1 Å². The molecule has 4 heteroatoms. The van der Waals surface area contributed by atoms with E-state index >= 15 is 0 Å². The van der Waals surface area contributed by atoms with Crippen LogP contribution in [0.3, 0.4) is 0 Å². The lowest BCUT2D eigenvalue weighted by Crippen LogP contribution is -1.98. The Balaban J connectivity index is 2.37. The largest absolute Gasteiger partial charge is 0.410 e. The topological polar surface area (TPSA) is 32.6 Å². The molecule has 3 rings (SSSR count). The molecule has 84 valence electrons. The van der Waals surface area contributed by atoms with Gasteiger partial charge in [0.25, 0.3) is 0 Å². The number of benzene rings is 2. The van der Waals surface area contributed by atoms with E-state index in [9.17, 15) is 8.78 Å². The summed E-state index contributed by atoms with van der Waals surface area (Å²) in [6.07, 6.45) is 0. The summed E-state index contributed by atoms with van der Waals surface area (Å²) in [5.41, 5.74) is 2.65. The van der Waals surface area contributed by atoms with E-state index in [0.29, 0.717) is 11.1 Å². The third-order valence-corrected chi connectivity index (χ3v) is 2.86. The fourth-order valence-corrected chi connectivity index (χ4v) is 2.15. The molecule has 0 radical (unpaired) electrons. The lowest BCUT2D eigenvalue weighted by atomic mass is 10.1. The fourth-order valence-electron chi connectivity index (χ4n) is 2.15. The molecule has 0 amide bonds. The van der Waals surface area contributed by atoms with E-state index in [4.69, 9.17) is 5.21 Å². The number of hydrogen-bond acceptors (Lipinski definition) is 2. The summed E-state index contributed by atoms with van der Waals surface area (Å²) in [6.45, 7) is 0. The van der Waals surface area contributed by atoms with E-state index in [1.54, 1.807) is 12.1 Å². The summed E-state index contributed by atoms with van der Waals surface area (Å²) in [5, 5.41) is 12.1. The Labute approximate surface area is 95.8 Å². The number of nitrogens with zero attached hydrogens (tertiary/aromatic N) is 1. The van der Waals surface area contributed by atoms with Crippen LogP contribution in [0.25, 0.3) is 11.1 Å². The van der Waals surface area contributed by atoms with Crippen LogP contribution in [-0.2, 0) is 0 Å². The van der Waals surface area contributed by atoms with Gasteiger partial charge >= 0.3 is 0 Å². The predicted octanol–water partition coefficient (Wildman–Crippen LogP) is 3.17. The van der Waals surface area contributed by atoms with Gasteiger partial charge < -0.3 is 5.21 Å². The molecule has 0 spiro atoms. The van der Waals surface area contributed by atoms with Gasteiger partial charge in [0.05, 0.1) is 0 Å². The van der Waals surface area contributed by atoms with E-state index in [0.717, 1.165) is 11.1 Å². The summed E-state index contributed by atoms with van der Waals surface area (Å²) >= 11 is 0. The van der Waals surface area contributed by atoms with Crippen molar-refractivity contribution in [1.29, 1.82) is 0 Å². The zero-order chi connectivity index (χ0) is 12.0. The second-order valence-electron chi connectivity index (χ2n) is 3.83. The third kappa shape index (κ3) is 1.34. The Bertz CT molecular complexity index is 596. The Hall–Kier alpha value is -2.23. The predicted molar refractivity (Wildman–Crippen MR) is 59.2 cm³/mol. The van der Waals surface area contributed by atoms with Crippen molar-refractivity contribution in [3.05, 3.63) is 59.2 Å². The molecular formula is C13H7F2NO. The van der Waals surface area contributed by atoms with Crippen molar-refractivity contribution < 1.29 is 14.0 Å². The van der Waals surface area contributed by atoms with Crippen LogP contribution in [0.4, 0.5) is 8.78 Å². The number of halogens is 2. The zero-order valence-corrected chi connectivity index (χ0v) is 8.61. The summed E-state index contributed by atoms with van der Waals surface area (Å²) in [5.74, 6) is -0.837. The van der Waals surface area contributed by atoms with E-state index in [1.165, 1.54) is 24.3 Å². The van der Waals surface area contributed by atoms with Crippen LogP contribution in [0.5, 0.6) is 0 Å². The van der Waals surface area contributed by atoms with Gasteiger partial charge in [-0.1, -0.05) is 17.3 Å². The molecule has 0 bridgehead atoms. The molecule has 2 aromatic carbocycles. The van der Waals surface area contributed by atoms with Crippen LogP contribution in [0, 0.1) is 11.6 Å². The maximum atomic E-state index is 13.2. The molecule has 0 unspecified atom stereocenters. The van der Waals surface area contributed by atoms with E-state index in [-0.39, 0.29) is 5.71 Å². The first-order chi connectivity index (χ1) is 8.20. The molecule has 0 heterocycles. The van der Waals surface area contributed by atoms with Gasteiger partial charge in [-0.2, -0.15) is 0 Å². The molecule has 0 atom stereocenters. The monoisotopic (exact) mass is 231 g/mol. The number of hydrogen-bond donors (Lipinski definition) is 1. The lowest BCUT2D eigenvalue weighted by molar-refractivity contribution is 0.320. The van der Waals surface area contributed by atoms with Crippen molar-refractivity contribution in [3.63, 3.8) is 0 Å². The van der Waals surface area contributed by atoms with Gasteiger partial charge in [-0.15, -0.1) is 0 Å². The van der Waals surface area contributed by atoms with Crippen molar-refractivity contribution >= 4 is 5.71 Å². The first-order valence-electron chi connectivity index (χ1n) is 5.03. The summed E-state index contributed by atoms with van der Waals surface area (Å²) in [7, 11) is 0. The zero-order valence-electron chi connectivity index (χ0n) is 8.61. The molecule has 0 saturated heterocycles.